The van der Waals surface area contributed by atoms with Gasteiger partial charge < -0.3 is 19.4 Å². The van der Waals surface area contributed by atoms with Gasteiger partial charge in [-0.1, -0.05) is 48.5 Å². The highest BCUT2D eigenvalue weighted by molar-refractivity contribution is 6.14. The summed E-state index contributed by atoms with van der Waals surface area (Å²) in [6.45, 7) is 1.74. The zero-order valence-corrected chi connectivity index (χ0v) is 18.7. The monoisotopic (exact) mass is 454 g/mol. The number of nitrogens with zero attached hydrogens (tertiary/aromatic N) is 1. The number of rotatable bonds is 3. The summed E-state index contributed by atoms with van der Waals surface area (Å²) < 4.78 is 12.0. The number of hydrogen-bond donors (Lipinski definition) is 1. The van der Waals surface area contributed by atoms with E-state index in [1.807, 2.05) is 30.3 Å². The van der Waals surface area contributed by atoms with E-state index in [2.05, 4.69) is 5.32 Å². The Morgan fingerprint density at radius 1 is 0.971 bits per heavy atom. The smallest absolute Gasteiger partial charge is 0.262 e. The number of anilines is 1. The topological polar surface area (TPSA) is 88.9 Å². The summed E-state index contributed by atoms with van der Waals surface area (Å²) in [5.74, 6) is 0.127. The lowest BCUT2D eigenvalue weighted by molar-refractivity contribution is -0.127. The number of para-hydroxylation sites is 3. The molecule has 0 bridgehead atoms. The van der Waals surface area contributed by atoms with Crippen molar-refractivity contribution in [1.29, 1.82) is 0 Å². The fraction of sp³-hybridized carbons (Fsp3) is 0.148. The molecule has 4 aromatic rings. The molecular weight excluding hydrogens is 432 g/mol. The molecule has 7 heteroatoms. The van der Waals surface area contributed by atoms with Crippen LogP contribution in [-0.4, -0.2) is 31.5 Å². The van der Waals surface area contributed by atoms with Crippen molar-refractivity contribution < 1.29 is 18.7 Å². The second kappa shape index (κ2) is 8.51. The normalized spacial score (nSPS) is 14.9. The number of carbonyl (C=O) groups is 2. The van der Waals surface area contributed by atoms with E-state index in [1.165, 1.54) is 11.9 Å². The van der Waals surface area contributed by atoms with Crippen LogP contribution in [0, 0.1) is 6.92 Å². The maximum Gasteiger partial charge on any atom is 0.262 e. The molecule has 7 nitrogen and oxygen atoms in total. The number of hydrogen-bond acceptors (Lipinski definition) is 5. The fourth-order valence-electron chi connectivity index (χ4n) is 4.21. The summed E-state index contributed by atoms with van der Waals surface area (Å²) >= 11 is 0. The Bertz CT molecular complexity index is 1480. The highest BCUT2D eigenvalue weighted by Gasteiger charge is 2.34. The Kier molecular flexibility index (Phi) is 5.37. The van der Waals surface area contributed by atoms with Crippen molar-refractivity contribution in [3.8, 4) is 17.1 Å². The molecule has 0 unspecified atom stereocenters. The van der Waals surface area contributed by atoms with Crippen LogP contribution >= 0.6 is 0 Å². The SMILES string of the molecule is CNC(=O)[C@H]1CN(C(=O)c2cccc3c(=O)c(C)c(-c4ccccc4)oc23)c2ccccc2O1. The third-order valence-corrected chi connectivity index (χ3v) is 5.97. The number of nitrogens with one attached hydrogen (secondary N) is 1. The molecule has 5 rings (SSSR count). The molecule has 1 aliphatic rings. The Morgan fingerprint density at radius 3 is 2.47 bits per heavy atom. The maximum atomic E-state index is 13.9. The first-order valence-corrected chi connectivity index (χ1v) is 10.9. The van der Waals surface area contributed by atoms with Gasteiger partial charge >= 0.3 is 0 Å². The minimum absolute atomic E-state index is 0.0214. The summed E-state index contributed by atoms with van der Waals surface area (Å²) in [7, 11) is 1.52. The van der Waals surface area contributed by atoms with Gasteiger partial charge in [0, 0.05) is 18.2 Å². The van der Waals surface area contributed by atoms with E-state index < -0.39 is 6.10 Å². The summed E-state index contributed by atoms with van der Waals surface area (Å²) in [4.78, 5) is 40.9. The van der Waals surface area contributed by atoms with E-state index in [-0.39, 0.29) is 34.9 Å². The second-order valence-corrected chi connectivity index (χ2v) is 8.04. The van der Waals surface area contributed by atoms with Crippen LogP contribution in [-0.2, 0) is 4.79 Å². The molecule has 0 saturated heterocycles. The molecule has 3 aromatic carbocycles. The minimum Gasteiger partial charge on any atom is -0.477 e. The van der Waals surface area contributed by atoms with Crippen LogP contribution in [0.2, 0.25) is 0 Å². The Hall–Kier alpha value is -4.39. The van der Waals surface area contributed by atoms with Crippen molar-refractivity contribution in [2.45, 2.75) is 13.0 Å². The molecule has 0 saturated carbocycles. The Labute approximate surface area is 195 Å². The summed E-state index contributed by atoms with van der Waals surface area (Å²) in [5.41, 5.74) is 2.02. The van der Waals surface area contributed by atoms with Crippen molar-refractivity contribution in [1.82, 2.24) is 5.32 Å². The lowest BCUT2D eigenvalue weighted by Crippen LogP contribution is -2.50. The van der Waals surface area contributed by atoms with Gasteiger partial charge in [0.05, 0.1) is 23.2 Å². The average molecular weight is 454 g/mol. The number of ether oxygens (including phenoxy) is 1. The van der Waals surface area contributed by atoms with Gasteiger partial charge in [-0.15, -0.1) is 0 Å². The van der Waals surface area contributed by atoms with E-state index in [0.29, 0.717) is 28.1 Å². The highest BCUT2D eigenvalue weighted by Crippen LogP contribution is 2.35. The standard InChI is InChI=1S/C27H22N2O5/c1-16-23(30)18-11-8-12-19(25(18)34-24(16)17-9-4-3-5-10-17)27(32)29-15-22(26(31)28-2)33-21-14-7-6-13-20(21)29/h3-14,22H,15H2,1-2H3,(H,28,31)/t22-/m1/s1. The van der Waals surface area contributed by atoms with E-state index >= 15 is 0 Å². The lowest BCUT2D eigenvalue weighted by atomic mass is 10.0. The van der Waals surface area contributed by atoms with Crippen molar-refractivity contribution in [3.05, 3.63) is 94.1 Å². The van der Waals surface area contributed by atoms with Crippen LogP contribution in [0.15, 0.2) is 82.0 Å². The molecule has 1 aliphatic heterocycles. The first kappa shape index (κ1) is 21.5. The minimum atomic E-state index is -0.868. The fourth-order valence-corrected chi connectivity index (χ4v) is 4.21. The maximum absolute atomic E-state index is 13.9. The number of amides is 2. The number of carbonyl (C=O) groups excluding carboxylic acids is 2. The van der Waals surface area contributed by atoms with Gasteiger partial charge in [-0.05, 0) is 31.2 Å². The van der Waals surface area contributed by atoms with E-state index in [4.69, 9.17) is 9.15 Å². The highest BCUT2D eigenvalue weighted by atomic mass is 16.5. The summed E-state index contributed by atoms with van der Waals surface area (Å²) in [5, 5.41) is 2.90. The van der Waals surface area contributed by atoms with Crippen molar-refractivity contribution >= 4 is 28.5 Å². The predicted octanol–water partition coefficient (Wildman–Crippen LogP) is 3.92. The molecule has 2 heterocycles. The van der Waals surface area contributed by atoms with Gasteiger partial charge in [-0.3, -0.25) is 14.4 Å². The number of likely N-dealkylation sites (N-methyl/N-ethyl adjacent to an activating group) is 1. The Morgan fingerprint density at radius 2 is 1.71 bits per heavy atom. The largest absolute Gasteiger partial charge is 0.477 e. The van der Waals surface area contributed by atoms with Crippen molar-refractivity contribution in [2.75, 3.05) is 18.5 Å². The molecule has 170 valence electrons. The Balaban J connectivity index is 1.67. The van der Waals surface area contributed by atoms with Crippen molar-refractivity contribution in [3.63, 3.8) is 0 Å². The molecule has 1 atom stereocenters. The van der Waals surface area contributed by atoms with Gasteiger partial charge in [-0.2, -0.15) is 0 Å². The van der Waals surface area contributed by atoms with Crippen LogP contribution in [0.4, 0.5) is 5.69 Å². The zero-order valence-electron chi connectivity index (χ0n) is 18.7. The first-order valence-electron chi connectivity index (χ1n) is 10.9. The summed E-state index contributed by atoms with van der Waals surface area (Å²) in [6, 6.07) is 21.3. The van der Waals surface area contributed by atoms with Crippen LogP contribution in [0.25, 0.3) is 22.3 Å². The van der Waals surface area contributed by atoms with E-state index in [0.717, 1.165) is 5.56 Å². The van der Waals surface area contributed by atoms with Crippen LogP contribution in [0.1, 0.15) is 15.9 Å². The van der Waals surface area contributed by atoms with Crippen LogP contribution < -0.4 is 20.4 Å². The van der Waals surface area contributed by atoms with Gasteiger partial charge in [0.1, 0.15) is 11.5 Å². The molecule has 1 N–H and O–H groups in total. The molecular formula is C27H22N2O5. The van der Waals surface area contributed by atoms with Gasteiger partial charge in [0.2, 0.25) is 0 Å². The van der Waals surface area contributed by atoms with Crippen molar-refractivity contribution in [2.24, 2.45) is 0 Å². The third kappa shape index (κ3) is 3.51. The number of fused-ring (bicyclic) bond motifs is 2. The molecule has 0 aliphatic carbocycles. The first-order chi connectivity index (χ1) is 16.5. The van der Waals surface area contributed by atoms with Gasteiger partial charge in [0.25, 0.3) is 11.8 Å². The summed E-state index contributed by atoms with van der Waals surface area (Å²) in [6.07, 6.45) is -0.868. The van der Waals surface area contributed by atoms with E-state index in [9.17, 15) is 14.4 Å². The molecule has 0 fully saturated rings. The zero-order chi connectivity index (χ0) is 23.8. The third-order valence-electron chi connectivity index (χ3n) is 5.97. The van der Waals surface area contributed by atoms with Gasteiger partial charge in [0.15, 0.2) is 17.1 Å². The lowest BCUT2D eigenvalue weighted by Gasteiger charge is -2.34. The number of benzene rings is 3. The second-order valence-electron chi connectivity index (χ2n) is 8.04. The van der Waals surface area contributed by atoms with Crippen LogP contribution in [0.5, 0.6) is 5.75 Å². The quantitative estimate of drug-likeness (QED) is 0.507. The average Bonchev–Trinajstić information content (AvgIpc) is 2.89. The van der Waals surface area contributed by atoms with Crippen LogP contribution in [0.3, 0.4) is 0 Å². The molecule has 0 spiro atoms. The molecule has 2 amide bonds. The molecule has 0 radical (unpaired) electrons. The van der Waals surface area contributed by atoms with Gasteiger partial charge in [-0.25, -0.2) is 0 Å². The molecule has 34 heavy (non-hydrogen) atoms. The molecule has 1 aromatic heterocycles. The predicted molar refractivity (Wildman–Crippen MR) is 129 cm³/mol. The van der Waals surface area contributed by atoms with E-state index in [1.54, 1.807) is 49.4 Å².